The summed E-state index contributed by atoms with van der Waals surface area (Å²) in [5.74, 6) is 0.892. The van der Waals surface area contributed by atoms with Gasteiger partial charge in [0.15, 0.2) is 0 Å². The van der Waals surface area contributed by atoms with Gasteiger partial charge in [-0.1, -0.05) is 67.6 Å². The Hall–Kier alpha value is -3.00. The molecule has 0 bridgehead atoms. The van der Waals surface area contributed by atoms with Gasteiger partial charge in [-0.2, -0.15) is 0 Å². The summed E-state index contributed by atoms with van der Waals surface area (Å²) in [5, 5.41) is 3.68. The highest BCUT2D eigenvalue weighted by atomic mass is 32.2. The Kier molecular flexibility index (Phi) is 6.93. The zero-order chi connectivity index (χ0) is 23.4. The standard InChI is InChI=1S/C26H30N4O2S/c1-4-17-30-24-16-15-22(33(31,32)29(2)3)18-23(24)28-25(30)19-27-26(20-11-7-5-8-12-20)21-13-9-6-10-14-21/h5-16,18,26-27H,4,17,19H2,1-3H3. The number of aryl methyl sites for hydroxylation is 1. The maximum atomic E-state index is 12.6. The fourth-order valence-electron chi connectivity index (χ4n) is 4.05. The molecule has 33 heavy (non-hydrogen) atoms. The van der Waals surface area contributed by atoms with Crippen LogP contribution >= 0.6 is 0 Å². The number of fused-ring (bicyclic) bond motifs is 1. The van der Waals surface area contributed by atoms with E-state index in [4.69, 9.17) is 4.98 Å². The van der Waals surface area contributed by atoms with Gasteiger partial charge in [0.2, 0.25) is 10.0 Å². The molecule has 7 heteroatoms. The van der Waals surface area contributed by atoms with Gasteiger partial charge in [0.1, 0.15) is 5.82 Å². The van der Waals surface area contributed by atoms with Crippen LogP contribution < -0.4 is 5.32 Å². The molecule has 4 aromatic rings. The van der Waals surface area contributed by atoms with Crippen molar-refractivity contribution in [1.82, 2.24) is 19.2 Å². The Bertz CT molecular complexity index is 1280. The lowest BCUT2D eigenvalue weighted by atomic mass is 9.99. The smallest absolute Gasteiger partial charge is 0.242 e. The normalized spacial score (nSPS) is 12.2. The molecule has 0 amide bonds. The maximum absolute atomic E-state index is 12.6. The third-order valence-corrected chi connectivity index (χ3v) is 7.57. The molecule has 1 N–H and O–H groups in total. The summed E-state index contributed by atoms with van der Waals surface area (Å²) in [5.41, 5.74) is 4.00. The van der Waals surface area contributed by atoms with E-state index in [9.17, 15) is 8.42 Å². The van der Waals surface area contributed by atoms with Crippen LogP contribution in [0.4, 0.5) is 0 Å². The second-order valence-corrected chi connectivity index (χ2v) is 10.4. The zero-order valence-electron chi connectivity index (χ0n) is 19.3. The van der Waals surface area contributed by atoms with Crippen molar-refractivity contribution in [2.24, 2.45) is 0 Å². The maximum Gasteiger partial charge on any atom is 0.242 e. The van der Waals surface area contributed by atoms with Crippen LogP contribution in [-0.4, -0.2) is 36.4 Å². The van der Waals surface area contributed by atoms with E-state index >= 15 is 0 Å². The lowest BCUT2D eigenvalue weighted by molar-refractivity contribution is 0.521. The zero-order valence-corrected chi connectivity index (χ0v) is 20.1. The summed E-state index contributed by atoms with van der Waals surface area (Å²) in [7, 11) is -0.434. The Labute approximate surface area is 195 Å². The molecule has 6 nitrogen and oxygen atoms in total. The number of nitrogens with zero attached hydrogens (tertiary/aromatic N) is 3. The summed E-state index contributed by atoms with van der Waals surface area (Å²) in [6, 6.07) is 25.9. The Morgan fingerprint density at radius 1 is 0.939 bits per heavy atom. The van der Waals surface area contributed by atoms with Crippen molar-refractivity contribution < 1.29 is 8.42 Å². The van der Waals surface area contributed by atoms with E-state index in [-0.39, 0.29) is 10.9 Å². The number of sulfonamides is 1. The van der Waals surface area contributed by atoms with E-state index in [1.807, 2.05) is 42.5 Å². The molecule has 0 spiro atoms. The summed E-state index contributed by atoms with van der Waals surface area (Å²) in [4.78, 5) is 5.10. The highest BCUT2D eigenvalue weighted by Crippen LogP contribution is 2.25. The van der Waals surface area contributed by atoms with Crippen LogP contribution in [0.2, 0.25) is 0 Å². The van der Waals surface area contributed by atoms with Gasteiger partial charge in [-0.3, -0.25) is 5.32 Å². The number of nitrogens with one attached hydrogen (secondary N) is 1. The monoisotopic (exact) mass is 462 g/mol. The Morgan fingerprint density at radius 3 is 2.09 bits per heavy atom. The molecule has 0 saturated heterocycles. The molecule has 1 aromatic heterocycles. The Balaban J connectivity index is 1.70. The summed E-state index contributed by atoms with van der Waals surface area (Å²) >= 11 is 0. The predicted molar refractivity (Wildman–Crippen MR) is 132 cm³/mol. The molecule has 0 aliphatic heterocycles. The molecule has 172 valence electrons. The van der Waals surface area contributed by atoms with Gasteiger partial charge in [-0.15, -0.1) is 0 Å². The van der Waals surface area contributed by atoms with Gasteiger partial charge in [-0.05, 0) is 35.7 Å². The minimum absolute atomic E-state index is 0.0203. The van der Waals surface area contributed by atoms with Gasteiger partial charge < -0.3 is 4.57 Å². The van der Waals surface area contributed by atoms with E-state index in [2.05, 4.69) is 41.1 Å². The largest absolute Gasteiger partial charge is 0.327 e. The molecule has 0 aliphatic rings. The van der Waals surface area contributed by atoms with Gasteiger partial charge >= 0.3 is 0 Å². The second kappa shape index (κ2) is 9.87. The van der Waals surface area contributed by atoms with Crippen molar-refractivity contribution in [2.45, 2.75) is 37.4 Å². The van der Waals surface area contributed by atoms with Crippen molar-refractivity contribution in [3.05, 3.63) is 95.8 Å². The lowest BCUT2D eigenvalue weighted by Crippen LogP contribution is -2.24. The van der Waals surface area contributed by atoms with E-state index in [1.165, 1.54) is 29.5 Å². The highest BCUT2D eigenvalue weighted by Gasteiger charge is 2.20. The van der Waals surface area contributed by atoms with Crippen LogP contribution in [0.5, 0.6) is 0 Å². The molecule has 0 radical (unpaired) electrons. The second-order valence-electron chi connectivity index (χ2n) is 8.25. The SMILES string of the molecule is CCCn1c(CNC(c2ccccc2)c2ccccc2)nc2cc(S(=O)(=O)N(C)C)ccc21. The number of hydrogen-bond acceptors (Lipinski definition) is 4. The van der Waals surface area contributed by atoms with Crippen LogP contribution in [0.15, 0.2) is 83.8 Å². The van der Waals surface area contributed by atoms with Crippen LogP contribution in [-0.2, 0) is 23.1 Å². The van der Waals surface area contributed by atoms with E-state index < -0.39 is 10.0 Å². The summed E-state index contributed by atoms with van der Waals surface area (Å²) < 4.78 is 28.6. The molecule has 4 rings (SSSR count). The first kappa shape index (κ1) is 23.2. The minimum atomic E-state index is -3.51. The first-order valence-corrected chi connectivity index (χ1v) is 12.6. The molecular weight excluding hydrogens is 432 g/mol. The minimum Gasteiger partial charge on any atom is -0.327 e. The summed E-state index contributed by atoms with van der Waals surface area (Å²) in [6.07, 6.45) is 0.955. The van der Waals surface area contributed by atoms with Crippen LogP contribution in [0.3, 0.4) is 0 Å². The molecule has 0 unspecified atom stereocenters. The molecule has 0 fully saturated rings. The lowest BCUT2D eigenvalue weighted by Gasteiger charge is -2.20. The van der Waals surface area contributed by atoms with Crippen molar-refractivity contribution in [3.63, 3.8) is 0 Å². The number of benzene rings is 3. The van der Waals surface area contributed by atoms with Crippen molar-refractivity contribution >= 4 is 21.1 Å². The van der Waals surface area contributed by atoms with E-state index in [1.54, 1.807) is 12.1 Å². The number of aromatic nitrogens is 2. The first-order chi connectivity index (χ1) is 15.9. The van der Waals surface area contributed by atoms with Gasteiger partial charge in [0.25, 0.3) is 0 Å². The van der Waals surface area contributed by atoms with Crippen LogP contribution in [0.1, 0.15) is 36.3 Å². The average Bonchev–Trinajstić information content (AvgIpc) is 3.17. The molecule has 0 aliphatic carbocycles. The van der Waals surface area contributed by atoms with Crippen molar-refractivity contribution in [3.8, 4) is 0 Å². The fraction of sp³-hybridized carbons (Fsp3) is 0.269. The fourth-order valence-corrected chi connectivity index (χ4v) is 4.97. The first-order valence-electron chi connectivity index (χ1n) is 11.2. The third-order valence-electron chi connectivity index (χ3n) is 5.75. The Morgan fingerprint density at radius 2 is 1.55 bits per heavy atom. The van der Waals surface area contributed by atoms with Gasteiger partial charge in [0, 0.05) is 20.6 Å². The quantitative estimate of drug-likeness (QED) is 0.396. The molecular formula is C26H30N4O2S. The number of rotatable bonds is 9. The van der Waals surface area contributed by atoms with Crippen LogP contribution in [0.25, 0.3) is 11.0 Å². The molecule has 0 atom stereocenters. The molecule has 3 aromatic carbocycles. The number of hydrogen-bond donors (Lipinski definition) is 1. The van der Waals surface area contributed by atoms with Gasteiger partial charge in [0.05, 0.1) is 28.5 Å². The van der Waals surface area contributed by atoms with Crippen molar-refractivity contribution in [2.75, 3.05) is 14.1 Å². The van der Waals surface area contributed by atoms with E-state index in [0.29, 0.717) is 12.1 Å². The highest BCUT2D eigenvalue weighted by molar-refractivity contribution is 7.89. The topological polar surface area (TPSA) is 67.2 Å². The third kappa shape index (κ3) is 4.85. The predicted octanol–water partition coefficient (Wildman–Crippen LogP) is 4.58. The van der Waals surface area contributed by atoms with Crippen molar-refractivity contribution in [1.29, 1.82) is 0 Å². The van der Waals surface area contributed by atoms with E-state index in [0.717, 1.165) is 24.3 Å². The van der Waals surface area contributed by atoms with Gasteiger partial charge in [-0.25, -0.2) is 17.7 Å². The molecule has 0 saturated carbocycles. The molecule has 1 heterocycles. The summed E-state index contributed by atoms with van der Waals surface area (Å²) in [6.45, 7) is 3.50. The average molecular weight is 463 g/mol. The van der Waals surface area contributed by atoms with Crippen LogP contribution in [0, 0.1) is 0 Å². The number of imidazole rings is 1.